The molecule has 0 aliphatic heterocycles. The first-order valence-corrected chi connectivity index (χ1v) is 15.2. The molecule has 11 nitrogen and oxygen atoms in total. The minimum absolute atomic E-state index is 0.0935. The Morgan fingerprint density at radius 2 is 1.69 bits per heavy atom. The molecule has 0 unspecified atom stereocenters. The Morgan fingerprint density at radius 3 is 2.38 bits per heavy atom. The first kappa shape index (κ1) is 31.4. The molecule has 5 rings (SSSR count). The highest BCUT2D eigenvalue weighted by Crippen LogP contribution is 2.36. The van der Waals surface area contributed by atoms with Crippen LogP contribution >= 0.6 is 0 Å². The van der Waals surface area contributed by atoms with Crippen molar-refractivity contribution in [2.75, 3.05) is 23.8 Å². The van der Waals surface area contributed by atoms with Gasteiger partial charge < -0.3 is 20.5 Å². The number of anilines is 2. The molecule has 45 heavy (non-hydrogen) atoms. The number of hydrogen-bond acceptors (Lipinski definition) is 7. The van der Waals surface area contributed by atoms with E-state index >= 15 is 0 Å². The Bertz CT molecular complexity index is 1800. The molecule has 0 spiro atoms. The summed E-state index contributed by atoms with van der Waals surface area (Å²) in [7, 11) is 0. The molecule has 234 valence electrons. The van der Waals surface area contributed by atoms with Crippen LogP contribution in [0, 0.1) is 0 Å². The van der Waals surface area contributed by atoms with Crippen LogP contribution in [0.5, 0.6) is 5.75 Å². The van der Waals surface area contributed by atoms with E-state index in [-0.39, 0.29) is 30.7 Å². The zero-order chi connectivity index (χ0) is 31.9. The number of ether oxygens (including phenoxy) is 1. The molecule has 2 amide bonds. The molecule has 0 fully saturated rings. The highest BCUT2D eigenvalue weighted by Gasteiger charge is 2.23. The molecule has 11 heteroatoms. The Hall–Kier alpha value is -5.03. The van der Waals surface area contributed by atoms with Gasteiger partial charge in [-0.1, -0.05) is 58.0 Å². The van der Waals surface area contributed by atoms with E-state index in [0.29, 0.717) is 47.5 Å². The monoisotopic (exact) mass is 609 g/mol. The number of carbonyl (C=O) groups excluding carboxylic acids is 1. The van der Waals surface area contributed by atoms with E-state index in [2.05, 4.69) is 53.4 Å². The molecule has 0 aliphatic carbocycles. The van der Waals surface area contributed by atoms with Crippen LogP contribution in [0.2, 0.25) is 0 Å². The Kier molecular flexibility index (Phi) is 9.89. The van der Waals surface area contributed by atoms with Crippen molar-refractivity contribution in [1.29, 1.82) is 0 Å². The minimum Gasteiger partial charge on any atom is -0.492 e. The summed E-state index contributed by atoms with van der Waals surface area (Å²) < 4.78 is 9.20. The third kappa shape index (κ3) is 7.04. The average Bonchev–Trinajstić information content (AvgIpc) is 3.55. The van der Waals surface area contributed by atoms with Gasteiger partial charge in [-0.25, -0.2) is 19.4 Å². The second-order valence-electron chi connectivity index (χ2n) is 11.4. The number of benzene rings is 2. The molecular weight excluding hydrogens is 570 g/mol. The topological polar surface area (TPSA) is 136 Å². The number of amides is 2. The molecule has 0 aliphatic rings. The summed E-state index contributed by atoms with van der Waals surface area (Å²) in [5.41, 5.74) is 4.12. The van der Waals surface area contributed by atoms with Crippen LogP contribution in [-0.2, 0) is 13.1 Å². The van der Waals surface area contributed by atoms with E-state index < -0.39 is 11.6 Å². The van der Waals surface area contributed by atoms with Gasteiger partial charge in [0.25, 0.3) is 5.56 Å². The lowest BCUT2D eigenvalue weighted by atomic mass is 9.93. The van der Waals surface area contributed by atoms with Crippen LogP contribution in [0.15, 0.2) is 78.2 Å². The predicted octanol–water partition coefficient (Wildman–Crippen LogP) is 6.01. The van der Waals surface area contributed by atoms with Gasteiger partial charge in [-0.3, -0.25) is 9.36 Å². The number of rotatable bonds is 12. The number of nitrogens with one attached hydrogen (secondary N) is 2. The van der Waals surface area contributed by atoms with Gasteiger partial charge in [-0.2, -0.15) is 5.10 Å². The zero-order valence-electron chi connectivity index (χ0n) is 26.0. The van der Waals surface area contributed by atoms with Crippen LogP contribution in [0.25, 0.3) is 22.2 Å². The van der Waals surface area contributed by atoms with Crippen molar-refractivity contribution in [2.45, 2.75) is 59.0 Å². The lowest BCUT2D eigenvalue weighted by Gasteiger charge is -2.22. The number of aliphatic hydroxyl groups excluding tert-OH is 1. The highest BCUT2D eigenvalue weighted by atomic mass is 16.5. The van der Waals surface area contributed by atoms with Crippen molar-refractivity contribution >= 4 is 28.4 Å². The number of carbonyl (C=O) groups is 1. The van der Waals surface area contributed by atoms with E-state index in [1.54, 1.807) is 23.3 Å². The minimum atomic E-state index is -0.527. The number of para-hydroxylation sites is 1. The molecule has 2 aromatic carbocycles. The summed E-state index contributed by atoms with van der Waals surface area (Å²) in [6.45, 7) is 9.34. The maximum atomic E-state index is 14.2. The lowest BCUT2D eigenvalue weighted by molar-refractivity contribution is 0.262. The normalized spacial score (nSPS) is 11.4. The third-order valence-corrected chi connectivity index (χ3v) is 7.59. The molecule has 0 saturated carbocycles. The summed E-state index contributed by atoms with van der Waals surface area (Å²) in [5.74, 6) is 0.936. The van der Waals surface area contributed by atoms with Gasteiger partial charge in [0.2, 0.25) is 0 Å². The number of fused-ring (bicyclic) bond motifs is 1. The molecular formula is C34H39N7O4. The number of nitrogens with zero attached hydrogens (tertiary/aromatic N) is 5. The van der Waals surface area contributed by atoms with Crippen LogP contribution in [0.3, 0.4) is 0 Å². The van der Waals surface area contributed by atoms with E-state index in [1.807, 2.05) is 48.5 Å². The lowest BCUT2D eigenvalue weighted by Crippen LogP contribution is -2.30. The fraction of sp³-hybridized carbons (Fsp3) is 0.324. The molecule has 5 aromatic rings. The summed E-state index contributed by atoms with van der Waals surface area (Å²) in [4.78, 5) is 36.4. The van der Waals surface area contributed by atoms with Crippen molar-refractivity contribution in [3.63, 3.8) is 0 Å². The maximum Gasteiger partial charge on any atom is 0.323 e. The van der Waals surface area contributed by atoms with Gasteiger partial charge in [0.1, 0.15) is 36.3 Å². The van der Waals surface area contributed by atoms with E-state index in [9.17, 15) is 14.7 Å². The van der Waals surface area contributed by atoms with Crippen molar-refractivity contribution in [1.82, 2.24) is 24.3 Å². The fourth-order valence-corrected chi connectivity index (χ4v) is 5.43. The maximum absolute atomic E-state index is 14.2. The van der Waals surface area contributed by atoms with Crippen LogP contribution in [0.1, 0.15) is 57.1 Å². The van der Waals surface area contributed by atoms with Crippen LogP contribution in [0.4, 0.5) is 16.2 Å². The smallest absolute Gasteiger partial charge is 0.323 e. The van der Waals surface area contributed by atoms with E-state index in [1.165, 1.54) is 10.9 Å². The molecule has 0 bridgehead atoms. The Balaban J connectivity index is 1.58. The van der Waals surface area contributed by atoms with E-state index in [0.717, 1.165) is 16.8 Å². The van der Waals surface area contributed by atoms with Crippen molar-refractivity contribution in [3.8, 4) is 16.9 Å². The van der Waals surface area contributed by atoms with Crippen LogP contribution in [-0.4, -0.2) is 48.7 Å². The van der Waals surface area contributed by atoms with Gasteiger partial charge in [-0.05, 0) is 59.2 Å². The van der Waals surface area contributed by atoms with Crippen molar-refractivity contribution < 1.29 is 14.6 Å². The molecule has 0 atom stereocenters. The number of urea groups is 1. The van der Waals surface area contributed by atoms with Gasteiger partial charge in [0, 0.05) is 36.0 Å². The molecule has 0 radical (unpaired) electrons. The number of aliphatic hydroxyl groups is 1. The predicted molar refractivity (Wildman–Crippen MR) is 176 cm³/mol. The van der Waals surface area contributed by atoms with Gasteiger partial charge in [-0.15, -0.1) is 0 Å². The summed E-state index contributed by atoms with van der Waals surface area (Å²) in [6, 6.07) is 16.6. The number of aryl methyl sites for hydroxylation is 1. The molecule has 3 N–H and O–H groups in total. The molecule has 0 saturated heterocycles. The quantitative estimate of drug-likeness (QED) is 0.158. The largest absolute Gasteiger partial charge is 0.492 e. The SMILES string of the molecule is CC(C)c1cccc(C(C)C)c1NC(=O)Nc1c(-c2cccc(OCCn3cncn3)c2)c2cccnc2n(CCCO)c1=O. The van der Waals surface area contributed by atoms with Gasteiger partial charge in [0.15, 0.2) is 0 Å². The van der Waals surface area contributed by atoms with Crippen molar-refractivity contribution in [3.05, 3.63) is 94.9 Å². The Morgan fingerprint density at radius 1 is 0.956 bits per heavy atom. The molecule has 3 heterocycles. The average molecular weight is 610 g/mol. The van der Waals surface area contributed by atoms with Crippen LogP contribution < -0.4 is 20.9 Å². The zero-order valence-corrected chi connectivity index (χ0v) is 26.0. The summed E-state index contributed by atoms with van der Waals surface area (Å²) in [5, 5.41) is 20.3. The van der Waals surface area contributed by atoms with Gasteiger partial charge >= 0.3 is 6.03 Å². The summed E-state index contributed by atoms with van der Waals surface area (Å²) in [6.07, 6.45) is 5.07. The second kappa shape index (κ2) is 14.2. The fourth-order valence-electron chi connectivity index (χ4n) is 5.43. The summed E-state index contributed by atoms with van der Waals surface area (Å²) >= 11 is 0. The third-order valence-electron chi connectivity index (χ3n) is 7.59. The van der Waals surface area contributed by atoms with Gasteiger partial charge in [0.05, 0.1) is 6.54 Å². The highest BCUT2D eigenvalue weighted by molar-refractivity contribution is 6.07. The molecule has 3 aromatic heterocycles. The number of hydrogen-bond donors (Lipinski definition) is 3. The Labute approximate surface area is 261 Å². The van der Waals surface area contributed by atoms with Crippen molar-refractivity contribution in [2.24, 2.45) is 0 Å². The first-order chi connectivity index (χ1) is 21.8. The first-order valence-electron chi connectivity index (χ1n) is 15.2. The standard InChI is InChI=1S/C34H39N7O4/c1-22(2)26-11-6-12-27(23(3)4)30(26)38-34(44)39-31-29(28-13-7-14-36-32(28)41(33(31)43)15-8-17-42)24-9-5-10-25(19-24)45-18-16-40-21-35-20-37-40/h5-7,9-14,19-23,42H,8,15-18H2,1-4H3,(H2,38,39,44). The number of aromatic nitrogens is 5. The van der Waals surface area contributed by atoms with E-state index in [4.69, 9.17) is 4.74 Å². The number of pyridine rings is 2. The second-order valence-corrected chi connectivity index (χ2v) is 11.4.